The number of benzene rings is 4. The Kier molecular flexibility index (Phi) is 33.6. The normalized spacial score (nSPS) is 11.8. The van der Waals surface area contributed by atoms with Crippen LogP contribution in [0.5, 0.6) is 0 Å². The van der Waals surface area contributed by atoms with Crippen LogP contribution in [0.25, 0.3) is 0 Å². The van der Waals surface area contributed by atoms with E-state index >= 15 is 0 Å². The minimum absolute atomic E-state index is 0.0165. The van der Waals surface area contributed by atoms with E-state index in [1.807, 2.05) is 97.4 Å². The summed E-state index contributed by atoms with van der Waals surface area (Å²) in [4.78, 5) is 80.6. The summed E-state index contributed by atoms with van der Waals surface area (Å²) in [6.07, 6.45) is 7.43. The molecule has 33 nitrogen and oxygen atoms in total. The standard InChI is InChI=1S/C18H25N7O.C16H20N4O2S.C14H17N5O3S.C14H17N5OS.C7H8ClN3O2S/c1-12(2)13-4-6-14(7-5-13)21-17-15(16(19)26)23-24-18(22-17)25-10-3-8-20-9-11-25;1-5-22-15(21)13-14(18-16(23-4)20-19-13)17-12-8-6-11(7-9-12)10(2)3;1-8(2)9-4-6-10(7-5-9)16-13-11(12(15)20)18-19-14(17-13)23(3,21)22;1-8(2)9-4-6-10(7-5-9)16-13-11(12(15)20)18-19-14(17-13)21-3;1-3-13-6(12)4-5(8)9-7(14-2)11-10-4/h4-7,12,20H,3,8-11H2,1-2H3,(H2,19,26)(H,21,22,24);6-10H,5H2,1-4H3,(H,17,18,20);4-8H,1-3H3,(H2,15,20)(H,16,17,19);4-8H,1-3H3,(H2,15,20)(H,16,17,19);3H2,1-2H3. The zero-order chi connectivity index (χ0) is 78.5. The maximum Gasteiger partial charge on any atom is 0.362 e. The zero-order valence-corrected chi connectivity index (χ0v) is 65.6. The summed E-state index contributed by atoms with van der Waals surface area (Å²) in [5, 5.41) is 54.3. The molecule has 0 atom stereocenters. The van der Waals surface area contributed by atoms with Crippen LogP contribution in [-0.4, -0.2) is 178 Å². The number of rotatable bonds is 24. The summed E-state index contributed by atoms with van der Waals surface area (Å²) < 4.78 is 32.8. The third kappa shape index (κ3) is 26.5. The molecule has 10 rings (SSSR count). The smallest absolute Gasteiger partial charge is 0.362 e. The van der Waals surface area contributed by atoms with Gasteiger partial charge in [-0.15, -0.1) is 51.0 Å². The van der Waals surface area contributed by atoms with Gasteiger partial charge in [0.15, 0.2) is 45.5 Å². The molecule has 1 aliphatic rings. The Morgan fingerprint density at radius 2 is 0.785 bits per heavy atom. The van der Waals surface area contributed by atoms with E-state index in [0.717, 1.165) is 61.5 Å². The number of sulfone groups is 1. The summed E-state index contributed by atoms with van der Waals surface area (Å²) in [5.41, 5.74) is 23.8. The molecule has 107 heavy (non-hydrogen) atoms. The molecule has 38 heteroatoms. The van der Waals surface area contributed by atoms with Crippen LogP contribution in [0.15, 0.2) is 118 Å². The van der Waals surface area contributed by atoms with E-state index in [1.165, 1.54) is 52.0 Å². The number of nitrogens with zero attached hydrogens (tertiary/aromatic N) is 16. The van der Waals surface area contributed by atoms with Crippen molar-refractivity contribution in [2.24, 2.45) is 17.2 Å². The number of aromatic nitrogens is 15. The second-order valence-electron chi connectivity index (χ2n) is 24.0. The first-order valence-corrected chi connectivity index (χ1v) is 39.3. The Morgan fingerprint density at radius 3 is 1.14 bits per heavy atom. The van der Waals surface area contributed by atoms with Gasteiger partial charge in [-0.3, -0.25) is 14.4 Å². The number of ether oxygens (including phenoxy) is 2. The number of carbonyl (C=O) groups is 5. The van der Waals surface area contributed by atoms with Crippen molar-refractivity contribution in [2.75, 3.05) is 90.6 Å². The van der Waals surface area contributed by atoms with Gasteiger partial charge in [0.1, 0.15) is 0 Å². The Labute approximate surface area is 638 Å². The molecular formula is C69H87ClN24O9S4. The topological polar surface area (TPSA) is 473 Å². The lowest BCUT2D eigenvalue weighted by molar-refractivity contribution is 0.0508. The van der Waals surface area contributed by atoms with E-state index < -0.39 is 44.7 Å². The average Bonchev–Trinajstić information content (AvgIpc) is 1.27. The van der Waals surface area contributed by atoms with Crippen molar-refractivity contribution in [3.8, 4) is 0 Å². The highest BCUT2D eigenvalue weighted by Crippen LogP contribution is 2.28. The highest BCUT2D eigenvalue weighted by molar-refractivity contribution is 7.98. The Bertz CT molecular complexity index is 4570. The molecule has 1 saturated heterocycles. The summed E-state index contributed by atoms with van der Waals surface area (Å²) in [7, 11) is -3.65. The molecule has 6 heterocycles. The summed E-state index contributed by atoms with van der Waals surface area (Å²) in [5.74, 6) is -0.122. The second-order valence-corrected chi connectivity index (χ2v) is 28.6. The van der Waals surface area contributed by atoms with Crippen molar-refractivity contribution < 1.29 is 41.9 Å². The van der Waals surface area contributed by atoms with Gasteiger partial charge in [-0.2, -0.15) is 9.97 Å². The Balaban J connectivity index is 0.000000212. The number of esters is 2. The van der Waals surface area contributed by atoms with Gasteiger partial charge in [-0.1, -0.05) is 151 Å². The zero-order valence-electron chi connectivity index (χ0n) is 61.6. The van der Waals surface area contributed by atoms with Crippen LogP contribution in [0.4, 0.5) is 52.0 Å². The summed E-state index contributed by atoms with van der Waals surface area (Å²) >= 11 is 9.71. The maximum absolute atomic E-state index is 12.0. The molecule has 0 unspecified atom stereocenters. The van der Waals surface area contributed by atoms with Crippen LogP contribution < -0.4 is 48.7 Å². The van der Waals surface area contributed by atoms with Crippen molar-refractivity contribution in [1.82, 2.24) is 81.2 Å². The molecule has 1 aliphatic heterocycles. The van der Waals surface area contributed by atoms with Crippen molar-refractivity contribution >= 4 is 138 Å². The number of primary amides is 3. The van der Waals surface area contributed by atoms with Crippen LogP contribution in [0.2, 0.25) is 5.15 Å². The molecule has 0 aliphatic carbocycles. The third-order valence-corrected chi connectivity index (χ3v) is 17.5. The Hall–Kier alpha value is -10.5. The number of anilines is 9. The van der Waals surface area contributed by atoms with Gasteiger partial charge >= 0.3 is 11.9 Å². The monoisotopic (exact) mass is 1560 g/mol. The fourth-order valence-corrected chi connectivity index (χ4v) is 10.6. The number of nitrogens with one attached hydrogen (secondary N) is 5. The van der Waals surface area contributed by atoms with Crippen LogP contribution in [0.3, 0.4) is 0 Å². The molecule has 0 spiro atoms. The predicted molar refractivity (Wildman–Crippen MR) is 415 cm³/mol. The highest BCUT2D eigenvalue weighted by atomic mass is 35.5. The lowest BCUT2D eigenvalue weighted by Crippen LogP contribution is -2.30. The van der Waals surface area contributed by atoms with E-state index in [9.17, 15) is 32.4 Å². The largest absolute Gasteiger partial charge is 0.461 e. The number of hydrogen-bond donors (Lipinski definition) is 8. The first-order chi connectivity index (χ1) is 51.0. The van der Waals surface area contributed by atoms with Crippen LogP contribution in [0.1, 0.15) is 174 Å². The summed E-state index contributed by atoms with van der Waals surface area (Å²) in [6.45, 7) is 24.4. The minimum Gasteiger partial charge on any atom is -0.461 e. The highest BCUT2D eigenvalue weighted by Gasteiger charge is 2.24. The van der Waals surface area contributed by atoms with Gasteiger partial charge in [-0.25, -0.2) is 33.0 Å². The van der Waals surface area contributed by atoms with Gasteiger partial charge < -0.3 is 58.2 Å². The first-order valence-electron chi connectivity index (χ1n) is 33.4. The number of halogens is 1. The molecular weight excluding hydrogens is 1470 g/mol. The molecule has 5 aromatic heterocycles. The fourth-order valence-electron chi connectivity index (χ4n) is 9.00. The van der Waals surface area contributed by atoms with Crippen molar-refractivity contribution in [3.63, 3.8) is 0 Å². The van der Waals surface area contributed by atoms with E-state index in [4.69, 9.17) is 38.3 Å². The molecule has 9 aromatic rings. The number of hydrogen-bond acceptors (Lipinski definition) is 33. The molecule has 0 saturated carbocycles. The molecule has 3 amide bonds. The molecule has 0 bridgehead atoms. The van der Waals surface area contributed by atoms with Gasteiger partial charge in [0.25, 0.3) is 22.9 Å². The van der Waals surface area contributed by atoms with Crippen molar-refractivity contribution in [1.29, 1.82) is 0 Å². The number of thioether (sulfide) groups is 3. The average molecular weight is 1560 g/mol. The van der Waals surface area contributed by atoms with Crippen LogP contribution in [0, 0.1) is 0 Å². The van der Waals surface area contributed by atoms with Gasteiger partial charge in [0.05, 0.1) is 13.2 Å². The maximum atomic E-state index is 12.0. The second kappa shape index (κ2) is 42.0. The lowest BCUT2D eigenvalue weighted by Gasteiger charge is -2.20. The van der Waals surface area contributed by atoms with Crippen molar-refractivity contribution in [2.45, 2.75) is 120 Å². The van der Waals surface area contributed by atoms with Crippen molar-refractivity contribution in [3.05, 3.63) is 153 Å². The molecule has 11 N–H and O–H groups in total. The molecule has 0 radical (unpaired) electrons. The van der Waals surface area contributed by atoms with E-state index in [0.29, 0.717) is 68.2 Å². The van der Waals surface area contributed by atoms with Crippen LogP contribution >= 0.6 is 46.9 Å². The van der Waals surface area contributed by atoms with Gasteiger partial charge in [0, 0.05) is 48.6 Å². The molecule has 4 aromatic carbocycles. The third-order valence-electron chi connectivity index (χ3n) is 14.8. The van der Waals surface area contributed by atoms with E-state index in [-0.39, 0.29) is 52.7 Å². The predicted octanol–water partition coefficient (Wildman–Crippen LogP) is 10.5. The SMILES string of the molecule is CC(C)c1ccc(Nc2nc(N3CCCNCC3)nnc2C(N)=O)cc1.CC(C)c1ccc(Nc2nc(S(C)(=O)=O)nnc2C(N)=O)cc1.CCOC(=O)c1nnc(SC)nc1Cl.CCOC(=O)c1nnc(SC)nc1Nc1ccc(C(C)C)cc1.CSc1nnc(C(N)=O)c(Nc2ccc(C(C)C)cc2)n1. The minimum atomic E-state index is -3.65. The number of nitrogens with two attached hydrogens (primary N) is 3. The molecule has 568 valence electrons. The first kappa shape index (κ1) is 85.5. The molecule has 1 fully saturated rings. The fraction of sp³-hybridized carbons (Fsp3) is 0.362. The summed E-state index contributed by atoms with van der Waals surface area (Å²) in [6, 6.07) is 31.3. The van der Waals surface area contributed by atoms with Gasteiger partial charge in [-0.05, 0) is 140 Å². The lowest BCUT2D eigenvalue weighted by atomic mass is 10.0. The van der Waals surface area contributed by atoms with E-state index in [1.54, 1.807) is 32.2 Å². The number of carbonyl (C=O) groups excluding carboxylic acids is 5. The van der Waals surface area contributed by atoms with Gasteiger partial charge in [0.2, 0.25) is 42.6 Å². The number of amides is 3. The van der Waals surface area contributed by atoms with Crippen LogP contribution in [-0.2, 0) is 19.3 Å². The van der Waals surface area contributed by atoms with E-state index in [2.05, 4.69) is 163 Å². The Morgan fingerprint density at radius 1 is 0.458 bits per heavy atom. The quantitative estimate of drug-likeness (QED) is 0.0206.